The van der Waals surface area contributed by atoms with Gasteiger partial charge in [-0.25, -0.2) is 0 Å². The van der Waals surface area contributed by atoms with E-state index in [1.165, 1.54) is 6.42 Å². The maximum absolute atomic E-state index is 2.73. The second kappa shape index (κ2) is 8.92. The SMILES string of the molecule is C[C@H](c1ccccc1)[C@@H](C/C=C\I)[Si]([Si](C)(C)C)([Si](C)(C)C)[Si](C)(C)C. The summed E-state index contributed by atoms with van der Waals surface area (Å²) in [6.07, 6.45) is 3.76. The Morgan fingerprint density at radius 2 is 1.23 bits per heavy atom. The molecule has 0 fully saturated rings. The molecule has 1 aromatic carbocycles. The topological polar surface area (TPSA) is 0 Å². The zero-order valence-corrected chi connectivity index (χ0v) is 24.9. The van der Waals surface area contributed by atoms with Crippen molar-refractivity contribution in [2.75, 3.05) is 0 Å². The van der Waals surface area contributed by atoms with Crippen molar-refractivity contribution < 1.29 is 0 Å². The molecule has 5 heteroatoms. The van der Waals surface area contributed by atoms with Crippen molar-refractivity contribution in [1.82, 2.24) is 0 Å². The summed E-state index contributed by atoms with van der Waals surface area (Å²) < 4.78 is 2.26. The Labute approximate surface area is 180 Å². The molecule has 148 valence electrons. The molecule has 0 aromatic heterocycles. The number of hydrogen-bond acceptors (Lipinski definition) is 0. The zero-order valence-electron chi connectivity index (χ0n) is 18.8. The van der Waals surface area contributed by atoms with E-state index in [9.17, 15) is 0 Å². The molecule has 0 unspecified atom stereocenters. The van der Waals surface area contributed by atoms with Crippen LogP contribution in [-0.4, -0.2) is 29.4 Å². The van der Waals surface area contributed by atoms with Crippen LogP contribution in [0.15, 0.2) is 40.5 Å². The number of rotatable bonds is 8. The summed E-state index contributed by atoms with van der Waals surface area (Å²) in [4.78, 5) is 0. The van der Waals surface area contributed by atoms with E-state index >= 15 is 0 Å². The van der Waals surface area contributed by atoms with Crippen molar-refractivity contribution in [3.05, 3.63) is 46.1 Å². The Hall–Kier alpha value is 0.558. The molecule has 0 aliphatic carbocycles. The van der Waals surface area contributed by atoms with E-state index in [1.54, 1.807) is 5.56 Å². The molecule has 0 aliphatic rings. The van der Waals surface area contributed by atoms with Gasteiger partial charge in [0.25, 0.3) is 0 Å². The first-order chi connectivity index (χ1) is 11.7. The van der Waals surface area contributed by atoms with Crippen LogP contribution in [-0.2, 0) is 0 Å². The minimum atomic E-state index is -1.45. The van der Waals surface area contributed by atoms with E-state index in [4.69, 9.17) is 0 Å². The van der Waals surface area contributed by atoms with E-state index in [-0.39, 0.29) is 0 Å². The Bertz CT molecular complexity index is 555. The lowest BCUT2D eigenvalue weighted by Crippen LogP contribution is -2.85. The molecule has 0 bridgehead atoms. The molecular formula is C21H41ISi4. The molecule has 0 saturated heterocycles. The molecule has 0 spiro atoms. The summed E-state index contributed by atoms with van der Waals surface area (Å²) in [6.45, 7) is 25.7. The highest BCUT2D eigenvalue weighted by Gasteiger charge is 2.65. The van der Waals surface area contributed by atoms with Gasteiger partial charge < -0.3 is 0 Å². The van der Waals surface area contributed by atoms with Crippen molar-refractivity contribution in [2.24, 2.45) is 0 Å². The van der Waals surface area contributed by atoms with Crippen LogP contribution in [0.5, 0.6) is 0 Å². The van der Waals surface area contributed by atoms with Crippen LogP contribution in [0.3, 0.4) is 0 Å². The fraction of sp³-hybridized carbons (Fsp3) is 0.619. The molecule has 0 saturated carbocycles. The molecular weight excluding hydrogens is 491 g/mol. The first-order valence-electron chi connectivity index (χ1n) is 10.0. The summed E-state index contributed by atoms with van der Waals surface area (Å²) in [6, 6.07) is 11.4. The van der Waals surface area contributed by atoms with Crippen LogP contribution in [0.2, 0.25) is 64.5 Å². The monoisotopic (exact) mass is 532 g/mol. The molecule has 1 rings (SSSR count). The summed E-state index contributed by atoms with van der Waals surface area (Å²) in [5, 5.41) is 0. The van der Waals surface area contributed by atoms with Crippen molar-refractivity contribution in [1.29, 1.82) is 0 Å². The Morgan fingerprint density at radius 3 is 1.58 bits per heavy atom. The molecule has 0 aliphatic heterocycles. The van der Waals surface area contributed by atoms with Gasteiger partial charge in [0.2, 0.25) is 0 Å². The normalized spacial score (nSPS) is 16.7. The van der Waals surface area contributed by atoms with E-state index in [1.807, 2.05) is 0 Å². The number of allylic oxidation sites excluding steroid dienone is 1. The first-order valence-corrected chi connectivity index (χ1v) is 26.8. The molecule has 0 nitrogen and oxygen atoms in total. The third-order valence-electron chi connectivity index (χ3n) is 6.51. The molecule has 0 radical (unpaired) electrons. The third kappa shape index (κ3) is 4.75. The van der Waals surface area contributed by atoms with Crippen molar-refractivity contribution in [3.63, 3.8) is 0 Å². The van der Waals surface area contributed by atoms with Gasteiger partial charge in [0, 0.05) is 29.4 Å². The van der Waals surface area contributed by atoms with Gasteiger partial charge in [0.1, 0.15) is 0 Å². The van der Waals surface area contributed by atoms with Gasteiger partial charge in [-0.2, -0.15) is 0 Å². The molecule has 0 N–H and O–H groups in total. The molecule has 0 heterocycles. The fourth-order valence-electron chi connectivity index (χ4n) is 6.99. The standard InChI is InChI=1S/C21H41ISi4/c1-19(20-15-12-11-13-16-20)21(17-14-18-22)26(23(2,3)4,24(5,6)7)25(8,9)10/h11-16,18-19,21H,17H2,1-10H3/b18-14-/t19-,21-/m1/s1. The Kier molecular flexibility index (Phi) is 8.44. The van der Waals surface area contributed by atoms with Crippen molar-refractivity contribution in [2.45, 2.75) is 83.7 Å². The van der Waals surface area contributed by atoms with E-state index in [0.717, 1.165) is 5.54 Å². The predicted octanol–water partition coefficient (Wildman–Crippen LogP) is 8.20. The third-order valence-corrected chi connectivity index (χ3v) is 81.1. The smallest absolute Gasteiger partial charge is 0.0416 e. The van der Waals surface area contributed by atoms with Crippen molar-refractivity contribution in [3.8, 4) is 0 Å². The lowest BCUT2D eigenvalue weighted by molar-refractivity contribution is 0.678. The summed E-state index contributed by atoms with van der Waals surface area (Å²) in [5.74, 6) is 0.667. The Balaban J connectivity index is 3.78. The van der Waals surface area contributed by atoms with Crippen molar-refractivity contribution >= 4 is 52.0 Å². The highest BCUT2D eigenvalue weighted by atomic mass is 127. The van der Waals surface area contributed by atoms with Gasteiger partial charge in [0.15, 0.2) is 0 Å². The van der Waals surface area contributed by atoms with Crippen LogP contribution in [0, 0.1) is 0 Å². The van der Waals surface area contributed by atoms with Gasteiger partial charge >= 0.3 is 0 Å². The summed E-state index contributed by atoms with van der Waals surface area (Å²) in [5.41, 5.74) is 2.44. The summed E-state index contributed by atoms with van der Waals surface area (Å²) >= 11 is 2.42. The largest absolute Gasteiger partial charge is 0.0785 e. The van der Waals surface area contributed by atoms with Gasteiger partial charge in [-0.1, -0.05) is 125 Å². The van der Waals surface area contributed by atoms with Crippen LogP contribution in [0.25, 0.3) is 0 Å². The van der Waals surface area contributed by atoms with Crippen LogP contribution >= 0.6 is 22.6 Å². The van der Waals surface area contributed by atoms with Crippen LogP contribution < -0.4 is 0 Å². The highest BCUT2D eigenvalue weighted by Crippen LogP contribution is 2.52. The average Bonchev–Trinajstić information content (AvgIpc) is 2.47. The molecule has 2 atom stereocenters. The highest BCUT2D eigenvalue weighted by molar-refractivity contribution is 14.1. The van der Waals surface area contributed by atoms with Gasteiger partial charge in [-0.15, -0.1) is 0 Å². The lowest BCUT2D eigenvalue weighted by atomic mass is 9.96. The Morgan fingerprint density at radius 1 is 0.808 bits per heavy atom. The lowest BCUT2D eigenvalue weighted by Gasteiger charge is -2.62. The van der Waals surface area contributed by atoms with E-state index in [0.29, 0.717) is 5.92 Å². The summed E-state index contributed by atoms with van der Waals surface area (Å²) in [7, 11) is -3.87. The molecule has 1 aromatic rings. The second-order valence-corrected chi connectivity index (χ2v) is 52.6. The molecule has 26 heavy (non-hydrogen) atoms. The number of halogens is 1. The average molecular weight is 533 g/mol. The van der Waals surface area contributed by atoms with Crippen LogP contribution in [0.1, 0.15) is 24.8 Å². The maximum atomic E-state index is 2.73. The quantitative estimate of drug-likeness (QED) is 0.234. The number of benzene rings is 1. The minimum Gasteiger partial charge on any atom is -0.0785 e. The molecule has 0 amide bonds. The van der Waals surface area contributed by atoms with Gasteiger partial charge in [-0.05, 0) is 27.5 Å². The number of hydrogen-bond donors (Lipinski definition) is 0. The maximum Gasteiger partial charge on any atom is 0.0416 e. The predicted molar refractivity (Wildman–Crippen MR) is 142 cm³/mol. The zero-order chi connectivity index (χ0) is 20.4. The minimum absolute atomic E-state index is 0.667. The van der Waals surface area contributed by atoms with Crippen LogP contribution in [0.4, 0.5) is 0 Å². The van der Waals surface area contributed by atoms with E-state index in [2.05, 4.69) is 129 Å². The van der Waals surface area contributed by atoms with Gasteiger partial charge in [-0.3, -0.25) is 0 Å². The van der Waals surface area contributed by atoms with E-state index < -0.39 is 29.4 Å². The fourth-order valence-corrected chi connectivity index (χ4v) is 113. The second-order valence-electron chi connectivity index (χ2n) is 11.0. The van der Waals surface area contributed by atoms with Gasteiger partial charge in [0.05, 0.1) is 0 Å². The first kappa shape index (κ1) is 24.6.